The number of fused-ring (bicyclic) bond motifs is 5. The van der Waals surface area contributed by atoms with Crippen LogP contribution in [0.3, 0.4) is 0 Å². The molecule has 0 aromatic heterocycles. The Hall–Kier alpha value is -0.790. The summed E-state index contributed by atoms with van der Waals surface area (Å²) in [7, 11) is 0. The van der Waals surface area contributed by atoms with Crippen LogP contribution >= 0.6 is 0 Å². The minimum atomic E-state index is -1.15. The zero-order valence-corrected chi connectivity index (χ0v) is 23.1. The lowest BCUT2D eigenvalue weighted by Crippen LogP contribution is -2.62. The predicted molar refractivity (Wildman–Crippen MR) is 137 cm³/mol. The summed E-state index contributed by atoms with van der Waals surface area (Å²) in [6.45, 7) is 12.1. The van der Waals surface area contributed by atoms with Crippen molar-refractivity contribution in [1.29, 1.82) is 0 Å². The molecule has 3 saturated carbocycles. The topological polar surface area (TPSA) is 111 Å². The monoisotopic (exact) mass is 504 g/mol. The number of aliphatic hydroxyl groups excluding tert-OH is 1. The van der Waals surface area contributed by atoms with Gasteiger partial charge < -0.3 is 25.2 Å². The number of ether oxygens (including phenoxy) is 1. The first-order valence-electron chi connectivity index (χ1n) is 14.4. The van der Waals surface area contributed by atoms with Crippen LogP contribution in [0, 0.1) is 34.5 Å². The lowest BCUT2D eigenvalue weighted by atomic mass is 9.45. The smallest absolute Gasteiger partial charge is 0.159 e. The molecule has 5 rings (SSSR count). The van der Waals surface area contributed by atoms with Crippen LogP contribution in [-0.2, 0) is 9.53 Å². The summed E-state index contributed by atoms with van der Waals surface area (Å²) in [6, 6.07) is 0. The maximum absolute atomic E-state index is 13.4. The first-order chi connectivity index (χ1) is 16.7. The minimum absolute atomic E-state index is 0.00831. The van der Waals surface area contributed by atoms with Gasteiger partial charge in [-0.25, -0.2) is 0 Å². The molecule has 0 aromatic rings. The quantitative estimate of drug-likeness (QED) is 0.408. The molecule has 1 aliphatic heterocycles. The SMILES string of the molecule is CCCC(O)(C1OC1C(C)(O)C(C)C)C1CCC2(O)C3=CC(=O)C4CC(O)CCC4(C)C3CCC12C. The van der Waals surface area contributed by atoms with E-state index in [0.717, 1.165) is 31.3 Å². The van der Waals surface area contributed by atoms with E-state index in [0.29, 0.717) is 32.1 Å². The molecule has 4 fully saturated rings. The molecule has 0 radical (unpaired) electrons. The second-order valence-corrected chi connectivity index (χ2v) is 14.0. The van der Waals surface area contributed by atoms with Crippen LogP contribution < -0.4 is 0 Å². The van der Waals surface area contributed by atoms with Crippen LogP contribution in [0.15, 0.2) is 11.6 Å². The average molecular weight is 505 g/mol. The van der Waals surface area contributed by atoms with Gasteiger partial charge in [-0.15, -0.1) is 0 Å². The van der Waals surface area contributed by atoms with Gasteiger partial charge >= 0.3 is 0 Å². The Morgan fingerprint density at radius 3 is 2.42 bits per heavy atom. The van der Waals surface area contributed by atoms with Crippen molar-refractivity contribution < 1.29 is 30.0 Å². The minimum Gasteiger partial charge on any atom is -0.393 e. The summed E-state index contributed by atoms with van der Waals surface area (Å²) < 4.78 is 6.08. The molecular formula is C30H48O6. The van der Waals surface area contributed by atoms with Crippen molar-refractivity contribution in [2.24, 2.45) is 34.5 Å². The molecule has 36 heavy (non-hydrogen) atoms. The first kappa shape index (κ1) is 26.8. The fraction of sp³-hybridized carbons (Fsp3) is 0.900. The van der Waals surface area contributed by atoms with E-state index in [1.165, 1.54) is 0 Å². The molecule has 4 N–H and O–H groups in total. The van der Waals surface area contributed by atoms with Crippen molar-refractivity contribution in [2.75, 3.05) is 0 Å². The fourth-order valence-electron chi connectivity index (χ4n) is 9.30. The predicted octanol–water partition coefficient (Wildman–Crippen LogP) is 3.93. The number of ketones is 1. The molecule has 6 heteroatoms. The molecule has 5 aliphatic rings. The van der Waals surface area contributed by atoms with Gasteiger partial charge in [0.25, 0.3) is 0 Å². The van der Waals surface area contributed by atoms with Crippen molar-refractivity contribution >= 4 is 5.78 Å². The molecule has 0 bridgehead atoms. The number of carbonyl (C=O) groups is 1. The lowest BCUT2D eigenvalue weighted by Gasteiger charge is -2.60. The van der Waals surface area contributed by atoms with Crippen LogP contribution in [0.1, 0.15) is 99.3 Å². The third-order valence-electron chi connectivity index (χ3n) is 12.1. The molecule has 0 aromatic carbocycles. The van der Waals surface area contributed by atoms with E-state index < -0.39 is 40.5 Å². The molecule has 204 valence electrons. The largest absolute Gasteiger partial charge is 0.393 e. The Morgan fingerprint density at radius 2 is 1.78 bits per heavy atom. The van der Waals surface area contributed by atoms with E-state index in [2.05, 4.69) is 20.8 Å². The van der Waals surface area contributed by atoms with Gasteiger partial charge in [0.15, 0.2) is 5.78 Å². The number of allylic oxidation sites excluding steroid dienone is 1. The van der Waals surface area contributed by atoms with Gasteiger partial charge in [0.1, 0.15) is 12.2 Å². The van der Waals surface area contributed by atoms with Crippen molar-refractivity contribution in [3.8, 4) is 0 Å². The summed E-state index contributed by atoms with van der Waals surface area (Å²) in [5, 5.41) is 46.2. The standard InChI is InChI=1S/C30H48O6/c1-7-11-29(34,25-24(36-25)28(6,33)17(2)3)23-10-14-30(35)20-16-22(32)21-15-18(31)8-12-26(21,4)19(20)9-13-27(23,30)5/h16-19,21,23-25,31,33-35H,7-15H2,1-6H3. The summed E-state index contributed by atoms with van der Waals surface area (Å²) in [5.74, 6) is -0.216. The Kier molecular flexibility index (Phi) is 6.22. The zero-order valence-electron chi connectivity index (χ0n) is 23.1. The summed E-state index contributed by atoms with van der Waals surface area (Å²) in [6.07, 6.45) is 6.61. The van der Waals surface area contributed by atoms with Crippen LogP contribution in [0.4, 0.5) is 0 Å². The van der Waals surface area contributed by atoms with Crippen molar-refractivity contribution in [1.82, 2.24) is 0 Å². The fourth-order valence-corrected chi connectivity index (χ4v) is 9.30. The second-order valence-electron chi connectivity index (χ2n) is 14.0. The van der Waals surface area contributed by atoms with Gasteiger partial charge in [-0.3, -0.25) is 4.79 Å². The average Bonchev–Trinajstić information content (AvgIpc) is 3.56. The Morgan fingerprint density at radius 1 is 1.08 bits per heavy atom. The molecule has 6 nitrogen and oxygen atoms in total. The van der Waals surface area contributed by atoms with Crippen LogP contribution in [-0.4, -0.2) is 61.3 Å². The van der Waals surface area contributed by atoms with Gasteiger partial charge in [0.05, 0.1) is 22.9 Å². The van der Waals surface area contributed by atoms with Crippen molar-refractivity contribution in [3.05, 3.63) is 11.6 Å². The highest BCUT2D eigenvalue weighted by atomic mass is 16.6. The third-order valence-corrected chi connectivity index (χ3v) is 12.1. The molecule has 0 spiro atoms. The highest BCUT2D eigenvalue weighted by molar-refractivity contribution is 5.95. The highest BCUT2D eigenvalue weighted by Gasteiger charge is 2.72. The van der Waals surface area contributed by atoms with Gasteiger partial charge in [-0.2, -0.15) is 0 Å². The van der Waals surface area contributed by atoms with Crippen LogP contribution in [0.5, 0.6) is 0 Å². The third kappa shape index (κ3) is 3.43. The normalized spacial score (nSPS) is 49.4. The van der Waals surface area contributed by atoms with Gasteiger partial charge in [0.2, 0.25) is 0 Å². The van der Waals surface area contributed by atoms with Crippen LogP contribution in [0.2, 0.25) is 0 Å². The first-order valence-corrected chi connectivity index (χ1v) is 14.4. The van der Waals surface area contributed by atoms with Gasteiger partial charge in [-0.05, 0) is 93.1 Å². The van der Waals surface area contributed by atoms with Gasteiger partial charge in [0, 0.05) is 11.3 Å². The second kappa shape index (κ2) is 8.35. The number of epoxide rings is 1. The van der Waals surface area contributed by atoms with E-state index in [4.69, 9.17) is 4.74 Å². The Balaban J connectivity index is 1.50. The number of aliphatic hydroxyl groups is 4. The maximum Gasteiger partial charge on any atom is 0.159 e. The van der Waals surface area contributed by atoms with Crippen molar-refractivity contribution in [3.63, 3.8) is 0 Å². The number of hydrogen-bond donors (Lipinski definition) is 4. The summed E-state index contributed by atoms with van der Waals surface area (Å²) >= 11 is 0. The number of hydrogen-bond acceptors (Lipinski definition) is 6. The molecule has 11 atom stereocenters. The van der Waals surface area contributed by atoms with E-state index in [9.17, 15) is 25.2 Å². The van der Waals surface area contributed by atoms with E-state index in [-0.39, 0.29) is 34.9 Å². The summed E-state index contributed by atoms with van der Waals surface area (Å²) in [5.41, 5.74) is -3.28. The van der Waals surface area contributed by atoms with Crippen molar-refractivity contribution in [2.45, 2.75) is 134 Å². The number of rotatable bonds is 6. The lowest BCUT2D eigenvalue weighted by molar-refractivity contribution is -0.157. The van der Waals surface area contributed by atoms with E-state index in [1.54, 1.807) is 13.0 Å². The maximum atomic E-state index is 13.4. The highest BCUT2D eigenvalue weighted by Crippen LogP contribution is 2.69. The molecule has 1 heterocycles. The molecular weight excluding hydrogens is 456 g/mol. The molecule has 4 aliphatic carbocycles. The van der Waals surface area contributed by atoms with E-state index >= 15 is 0 Å². The summed E-state index contributed by atoms with van der Waals surface area (Å²) in [4.78, 5) is 13.4. The molecule has 11 unspecified atom stereocenters. The molecule has 1 saturated heterocycles. The number of carbonyl (C=O) groups excluding carboxylic acids is 1. The van der Waals surface area contributed by atoms with Gasteiger partial charge in [-0.1, -0.05) is 41.0 Å². The zero-order chi connectivity index (χ0) is 26.5. The Bertz CT molecular complexity index is 942. The van der Waals surface area contributed by atoms with Crippen LogP contribution in [0.25, 0.3) is 0 Å². The molecule has 0 amide bonds. The van der Waals surface area contributed by atoms with E-state index in [1.807, 2.05) is 13.8 Å². The Labute approximate surface area is 216 Å².